The van der Waals surface area contributed by atoms with E-state index in [1.165, 1.54) is 0 Å². The van der Waals surface area contributed by atoms with Crippen LogP contribution in [-0.2, 0) is 4.79 Å². The van der Waals surface area contributed by atoms with Crippen LogP contribution < -0.4 is 16.2 Å². The van der Waals surface area contributed by atoms with Crippen molar-refractivity contribution < 1.29 is 9.53 Å². The summed E-state index contributed by atoms with van der Waals surface area (Å²) >= 11 is 0. The second kappa shape index (κ2) is 4.33. The molecule has 2 aromatic carbocycles. The molecule has 1 atom stereocenters. The highest BCUT2D eigenvalue weighted by molar-refractivity contribution is 5.97. The van der Waals surface area contributed by atoms with E-state index < -0.39 is 12.0 Å². The maximum atomic E-state index is 11.0. The van der Waals surface area contributed by atoms with E-state index in [-0.39, 0.29) is 0 Å². The number of amides is 1. The van der Waals surface area contributed by atoms with Crippen molar-refractivity contribution in [3.63, 3.8) is 0 Å². The van der Waals surface area contributed by atoms with Crippen LogP contribution in [0.5, 0.6) is 5.75 Å². The molecule has 4 N–H and O–H groups in total. The van der Waals surface area contributed by atoms with E-state index in [1.807, 2.05) is 24.3 Å². The fourth-order valence-corrected chi connectivity index (χ4v) is 1.65. The molecule has 0 heterocycles. The molecule has 0 bridgehead atoms. The van der Waals surface area contributed by atoms with Crippen molar-refractivity contribution in [1.29, 1.82) is 0 Å². The van der Waals surface area contributed by atoms with Gasteiger partial charge in [0.25, 0.3) is 5.91 Å². The summed E-state index contributed by atoms with van der Waals surface area (Å²) in [4.78, 5) is 11.0. The van der Waals surface area contributed by atoms with Crippen LogP contribution in [0.2, 0.25) is 0 Å². The number of carbonyl (C=O) groups excluding carboxylic acids is 1. The fraction of sp³-hybridized carbons (Fsp3) is 0.154. The largest absolute Gasteiger partial charge is 0.480 e. The van der Waals surface area contributed by atoms with Crippen molar-refractivity contribution in [1.82, 2.24) is 0 Å². The van der Waals surface area contributed by atoms with Gasteiger partial charge >= 0.3 is 0 Å². The first-order valence-electron chi connectivity index (χ1n) is 5.33. The zero-order valence-electron chi connectivity index (χ0n) is 9.51. The van der Waals surface area contributed by atoms with E-state index in [0.29, 0.717) is 11.4 Å². The van der Waals surface area contributed by atoms with Gasteiger partial charge in [0.2, 0.25) is 0 Å². The predicted molar refractivity (Wildman–Crippen MR) is 67.6 cm³/mol. The molecule has 0 saturated carbocycles. The minimum Gasteiger partial charge on any atom is -0.480 e. The van der Waals surface area contributed by atoms with E-state index in [2.05, 4.69) is 0 Å². The van der Waals surface area contributed by atoms with Crippen molar-refractivity contribution in [2.75, 3.05) is 5.73 Å². The number of hydrogen-bond acceptors (Lipinski definition) is 3. The van der Waals surface area contributed by atoms with Gasteiger partial charge in [0, 0.05) is 16.5 Å². The number of rotatable bonds is 3. The van der Waals surface area contributed by atoms with Gasteiger partial charge in [-0.2, -0.15) is 0 Å². The van der Waals surface area contributed by atoms with Crippen LogP contribution in [0.1, 0.15) is 6.92 Å². The third kappa shape index (κ3) is 2.15. The molecule has 4 nitrogen and oxygen atoms in total. The van der Waals surface area contributed by atoms with Crippen LogP contribution >= 0.6 is 0 Å². The Kier molecular flexibility index (Phi) is 2.87. The molecule has 1 amide bonds. The van der Waals surface area contributed by atoms with Gasteiger partial charge in [-0.1, -0.05) is 24.3 Å². The average molecular weight is 230 g/mol. The zero-order valence-corrected chi connectivity index (χ0v) is 9.51. The molecule has 0 aliphatic carbocycles. The number of benzene rings is 2. The number of nitrogen functional groups attached to an aromatic ring is 1. The van der Waals surface area contributed by atoms with Crippen LogP contribution in [0.3, 0.4) is 0 Å². The molecule has 0 aromatic heterocycles. The highest BCUT2D eigenvalue weighted by Crippen LogP contribution is 2.30. The smallest absolute Gasteiger partial charge is 0.258 e. The van der Waals surface area contributed by atoms with E-state index >= 15 is 0 Å². The third-order valence-electron chi connectivity index (χ3n) is 2.62. The zero-order chi connectivity index (χ0) is 12.4. The summed E-state index contributed by atoms with van der Waals surface area (Å²) in [6.45, 7) is 1.62. The first kappa shape index (κ1) is 11.3. The molecule has 0 aliphatic rings. The Morgan fingerprint density at radius 3 is 2.47 bits per heavy atom. The lowest BCUT2D eigenvalue weighted by Crippen LogP contribution is -2.30. The lowest BCUT2D eigenvalue weighted by atomic mass is 10.1. The summed E-state index contributed by atoms with van der Waals surface area (Å²) in [6.07, 6.45) is -0.665. The van der Waals surface area contributed by atoms with E-state index in [1.54, 1.807) is 19.1 Å². The summed E-state index contributed by atoms with van der Waals surface area (Å²) in [6, 6.07) is 11.1. The lowest BCUT2D eigenvalue weighted by molar-refractivity contribution is -0.123. The van der Waals surface area contributed by atoms with Crippen molar-refractivity contribution in [2.24, 2.45) is 5.73 Å². The molecule has 2 aromatic rings. The van der Waals surface area contributed by atoms with Gasteiger partial charge < -0.3 is 16.2 Å². The number of fused-ring (bicyclic) bond motifs is 1. The molecule has 0 radical (unpaired) electrons. The van der Waals surface area contributed by atoms with Crippen LogP contribution in [-0.4, -0.2) is 12.0 Å². The van der Waals surface area contributed by atoms with E-state index in [0.717, 1.165) is 10.8 Å². The molecule has 4 heteroatoms. The maximum Gasteiger partial charge on any atom is 0.258 e. The number of anilines is 1. The fourth-order valence-electron chi connectivity index (χ4n) is 1.65. The summed E-state index contributed by atoms with van der Waals surface area (Å²) in [7, 11) is 0. The highest BCUT2D eigenvalue weighted by atomic mass is 16.5. The summed E-state index contributed by atoms with van der Waals surface area (Å²) < 4.78 is 5.51. The van der Waals surface area contributed by atoms with E-state index in [9.17, 15) is 4.79 Å². The van der Waals surface area contributed by atoms with Gasteiger partial charge in [-0.3, -0.25) is 4.79 Å². The Balaban J connectivity index is 2.48. The molecule has 0 fully saturated rings. The highest BCUT2D eigenvalue weighted by Gasteiger charge is 2.12. The van der Waals surface area contributed by atoms with Gasteiger partial charge in [-0.05, 0) is 19.1 Å². The average Bonchev–Trinajstić information content (AvgIpc) is 2.33. The van der Waals surface area contributed by atoms with Crippen molar-refractivity contribution in [2.45, 2.75) is 13.0 Å². The molecule has 0 aliphatic heterocycles. The molecule has 0 spiro atoms. The lowest BCUT2D eigenvalue weighted by Gasteiger charge is -2.14. The van der Waals surface area contributed by atoms with Gasteiger partial charge in [-0.15, -0.1) is 0 Å². The van der Waals surface area contributed by atoms with Crippen molar-refractivity contribution in [3.8, 4) is 5.75 Å². The molecular formula is C13H14N2O2. The molecule has 0 unspecified atom stereocenters. The van der Waals surface area contributed by atoms with Crippen LogP contribution in [0.15, 0.2) is 36.4 Å². The molecule has 2 rings (SSSR count). The van der Waals surface area contributed by atoms with E-state index in [4.69, 9.17) is 16.2 Å². The van der Waals surface area contributed by atoms with Crippen molar-refractivity contribution >= 4 is 22.4 Å². The standard InChI is InChI=1S/C13H14N2O2/c1-8(13(15)16)17-12-7-6-11(14)9-4-2-3-5-10(9)12/h2-8H,14H2,1H3,(H2,15,16)/t8-/m1/s1. The number of hydrogen-bond donors (Lipinski definition) is 2. The SMILES string of the molecule is C[C@@H](Oc1ccc(N)c2ccccc12)C(N)=O. The molecular weight excluding hydrogens is 216 g/mol. The monoisotopic (exact) mass is 230 g/mol. The predicted octanol–water partition coefficient (Wildman–Crippen LogP) is 1.67. The van der Waals surface area contributed by atoms with Crippen LogP contribution in [0.25, 0.3) is 10.8 Å². The molecule has 88 valence electrons. The van der Waals surface area contributed by atoms with Crippen LogP contribution in [0, 0.1) is 0 Å². The van der Waals surface area contributed by atoms with Gasteiger partial charge in [-0.25, -0.2) is 0 Å². The Hall–Kier alpha value is -2.23. The van der Waals surface area contributed by atoms with Gasteiger partial charge in [0.15, 0.2) is 6.10 Å². The van der Waals surface area contributed by atoms with Crippen molar-refractivity contribution in [3.05, 3.63) is 36.4 Å². The number of ether oxygens (including phenoxy) is 1. The first-order valence-corrected chi connectivity index (χ1v) is 5.33. The third-order valence-corrected chi connectivity index (χ3v) is 2.62. The van der Waals surface area contributed by atoms with Gasteiger partial charge in [0.1, 0.15) is 5.75 Å². The topological polar surface area (TPSA) is 78.3 Å². The minimum absolute atomic E-state index is 0.495. The maximum absolute atomic E-state index is 11.0. The van der Waals surface area contributed by atoms with Crippen LogP contribution in [0.4, 0.5) is 5.69 Å². The van der Waals surface area contributed by atoms with Gasteiger partial charge in [0.05, 0.1) is 0 Å². The molecule has 17 heavy (non-hydrogen) atoms. The normalized spacial score (nSPS) is 12.3. The quantitative estimate of drug-likeness (QED) is 0.787. The first-order chi connectivity index (χ1) is 8.09. The number of primary amides is 1. The second-order valence-corrected chi connectivity index (χ2v) is 3.86. The Morgan fingerprint density at radius 1 is 1.18 bits per heavy atom. The molecule has 0 saturated heterocycles. The number of carbonyl (C=O) groups is 1. The Labute approximate surface area is 99.2 Å². The summed E-state index contributed by atoms with van der Waals surface area (Å²) in [5, 5.41) is 1.78. The number of nitrogens with two attached hydrogens (primary N) is 2. The minimum atomic E-state index is -0.665. The Bertz CT molecular complexity index is 566. The Morgan fingerprint density at radius 2 is 1.82 bits per heavy atom. The summed E-state index contributed by atoms with van der Waals surface area (Å²) in [5.74, 6) is 0.118. The second-order valence-electron chi connectivity index (χ2n) is 3.86. The summed E-state index contributed by atoms with van der Waals surface area (Å²) in [5.41, 5.74) is 11.7.